The molecule has 3 aromatic rings. The lowest BCUT2D eigenvalue weighted by atomic mass is 10.3. The number of rotatable bonds is 4. The van der Waals surface area contributed by atoms with Crippen LogP contribution in [-0.2, 0) is 0 Å². The van der Waals surface area contributed by atoms with Gasteiger partial charge < -0.3 is 4.90 Å². The van der Waals surface area contributed by atoms with Gasteiger partial charge >= 0.3 is 0 Å². The third-order valence-corrected chi connectivity index (χ3v) is 4.99. The van der Waals surface area contributed by atoms with Crippen LogP contribution in [-0.4, -0.2) is 52.2 Å². The minimum absolute atomic E-state index is 0.578. The second kappa shape index (κ2) is 7.80. The van der Waals surface area contributed by atoms with Crippen LogP contribution in [0.2, 0.25) is 5.15 Å². The van der Waals surface area contributed by atoms with Gasteiger partial charge in [-0.1, -0.05) is 35.9 Å². The van der Waals surface area contributed by atoms with E-state index in [0.717, 1.165) is 48.9 Å². The molecular formula is C20H21ClN6. The topological polar surface area (TPSA) is 49.6 Å². The predicted molar refractivity (Wildman–Crippen MR) is 109 cm³/mol. The molecule has 0 spiro atoms. The molecule has 0 unspecified atom stereocenters. The van der Waals surface area contributed by atoms with E-state index in [2.05, 4.69) is 25.1 Å². The molecule has 0 N–H and O–H groups in total. The molecule has 4 rings (SSSR count). The van der Waals surface area contributed by atoms with Gasteiger partial charge in [-0.25, -0.2) is 9.67 Å². The lowest BCUT2D eigenvalue weighted by molar-refractivity contribution is 0.271. The molecule has 27 heavy (non-hydrogen) atoms. The third kappa shape index (κ3) is 3.80. The summed E-state index contributed by atoms with van der Waals surface area (Å²) in [5.41, 5.74) is 2.65. The molecule has 1 saturated heterocycles. The number of aryl methyl sites for hydroxylation is 1. The summed E-state index contributed by atoms with van der Waals surface area (Å²) in [4.78, 5) is 6.69. The Balaban J connectivity index is 1.44. The van der Waals surface area contributed by atoms with E-state index in [-0.39, 0.29) is 0 Å². The molecular weight excluding hydrogens is 360 g/mol. The average Bonchev–Trinajstić information content (AvgIpc) is 3.02. The number of piperazine rings is 1. The standard InChI is InChI=1S/C20H21ClN6/c1-16-18(20(21)27(24-16)17-7-3-2-4-8-17)15-23-26-13-11-25(12-14-26)19-9-5-6-10-22-19/h2-10,15H,11-14H2,1H3/b23-15+. The van der Waals surface area contributed by atoms with Gasteiger partial charge in [-0.3, -0.25) is 5.01 Å². The number of anilines is 1. The first-order chi connectivity index (χ1) is 13.2. The van der Waals surface area contributed by atoms with E-state index in [1.165, 1.54) is 0 Å². The summed E-state index contributed by atoms with van der Waals surface area (Å²) < 4.78 is 1.75. The van der Waals surface area contributed by atoms with Crippen molar-refractivity contribution in [1.82, 2.24) is 19.8 Å². The van der Waals surface area contributed by atoms with Gasteiger partial charge in [0.2, 0.25) is 0 Å². The fraction of sp³-hybridized carbons (Fsp3) is 0.250. The van der Waals surface area contributed by atoms with Crippen LogP contribution in [0.25, 0.3) is 5.69 Å². The molecule has 0 bridgehead atoms. The maximum absolute atomic E-state index is 6.56. The van der Waals surface area contributed by atoms with Gasteiger partial charge in [0.15, 0.2) is 0 Å². The van der Waals surface area contributed by atoms with Crippen molar-refractivity contribution in [1.29, 1.82) is 0 Å². The molecule has 0 atom stereocenters. The summed E-state index contributed by atoms with van der Waals surface area (Å²) in [7, 11) is 0. The Morgan fingerprint density at radius 1 is 1.00 bits per heavy atom. The highest BCUT2D eigenvalue weighted by Crippen LogP contribution is 2.22. The minimum atomic E-state index is 0.578. The van der Waals surface area contributed by atoms with Crippen LogP contribution >= 0.6 is 11.6 Å². The molecule has 2 aromatic heterocycles. The van der Waals surface area contributed by atoms with E-state index in [4.69, 9.17) is 11.6 Å². The number of hydrogen-bond donors (Lipinski definition) is 0. The van der Waals surface area contributed by atoms with Crippen molar-refractivity contribution in [2.75, 3.05) is 31.1 Å². The summed E-state index contributed by atoms with van der Waals surface area (Å²) in [5.74, 6) is 1.02. The van der Waals surface area contributed by atoms with Crippen molar-refractivity contribution in [3.05, 3.63) is 71.1 Å². The predicted octanol–water partition coefficient (Wildman–Crippen LogP) is 3.39. The second-order valence-electron chi connectivity index (χ2n) is 6.41. The average molecular weight is 381 g/mol. The summed E-state index contributed by atoms with van der Waals surface area (Å²) >= 11 is 6.56. The van der Waals surface area contributed by atoms with Crippen molar-refractivity contribution in [3.8, 4) is 5.69 Å². The smallest absolute Gasteiger partial charge is 0.142 e. The first-order valence-corrected chi connectivity index (χ1v) is 9.35. The minimum Gasteiger partial charge on any atom is -0.353 e. The van der Waals surface area contributed by atoms with E-state index in [9.17, 15) is 0 Å². The van der Waals surface area contributed by atoms with E-state index in [1.807, 2.05) is 67.9 Å². The van der Waals surface area contributed by atoms with Gasteiger partial charge in [0, 0.05) is 19.3 Å². The zero-order valence-corrected chi connectivity index (χ0v) is 15.9. The van der Waals surface area contributed by atoms with Gasteiger partial charge in [-0.05, 0) is 31.2 Å². The highest BCUT2D eigenvalue weighted by Gasteiger charge is 2.17. The fourth-order valence-electron chi connectivity index (χ4n) is 3.12. The number of aromatic nitrogens is 3. The number of para-hydroxylation sites is 1. The zero-order valence-electron chi connectivity index (χ0n) is 15.2. The normalized spacial score (nSPS) is 14.9. The van der Waals surface area contributed by atoms with Gasteiger partial charge in [0.25, 0.3) is 0 Å². The number of pyridine rings is 1. The number of hydrogen-bond acceptors (Lipinski definition) is 5. The molecule has 138 valence electrons. The zero-order chi connectivity index (χ0) is 18.6. The van der Waals surface area contributed by atoms with Crippen LogP contribution in [0.3, 0.4) is 0 Å². The van der Waals surface area contributed by atoms with Crippen LogP contribution in [0.5, 0.6) is 0 Å². The van der Waals surface area contributed by atoms with Gasteiger partial charge in [0.05, 0.1) is 36.2 Å². The molecule has 6 nitrogen and oxygen atoms in total. The summed E-state index contributed by atoms with van der Waals surface area (Å²) in [6, 6.07) is 15.9. The van der Waals surface area contributed by atoms with Crippen molar-refractivity contribution in [2.45, 2.75) is 6.92 Å². The third-order valence-electron chi connectivity index (χ3n) is 4.63. The Morgan fingerprint density at radius 3 is 2.44 bits per heavy atom. The first-order valence-electron chi connectivity index (χ1n) is 8.98. The van der Waals surface area contributed by atoms with E-state index < -0.39 is 0 Å². The van der Waals surface area contributed by atoms with Crippen molar-refractivity contribution in [3.63, 3.8) is 0 Å². The molecule has 1 aromatic carbocycles. The van der Waals surface area contributed by atoms with Crippen LogP contribution in [0.15, 0.2) is 59.8 Å². The van der Waals surface area contributed by atoms with Gasteiger partial charge in [-0.2, -0.15) is 10.2 Å². The highest BCUT2D eigenvalue weighted by molar-refractivity contribution is 6.32. The quantitative estimate of drug-likeness (QED) is 0.651. The number of benzene rings is 1. The molecule has 0 amide bonds. The lowest BCUT2D eigenvalue weighted by Gasteiger charge is -2.33. The maximum atomic E-state index is 6.56. The van der Waals surface area contributed by atoms with Gasteiger partial charge in [-0.15, -0.1) is 0 Å². The van der Waals surface area contributed by atoms with Crippen LogP contribution in [0, 0.1) is 6.92 Å². The Bertz CT molecular complexity index is 914. The monoisotopic (exact) mass is 380 g/mol. The lowest BCUT2D eigenvalue weighted by Crippen LogP contribution is -2.44. The number of nitrogens with zero attached hydrogens (tertiary/aromatic N) is 6. The number of halogens is 1. The molecule has 3 heterocycles. The van der Waals surface area contributed by atoms with Crippen molar-refractivity contribution in [2.24, 2.45) is 5.10 Å². The second-order valence-corrected chi connectivity index (χ2v) is 6.77. The molecule has 0 saturated carbocycles. The molecule has 1 aliphatic rings. The Kier molecular flexibility index (Phi) is 5.07. The summed E-state index contributed by atoms with van der Waals surface area (Å²) in [6.07, 6.45) is 3.65. The SMILES string of the molecule is Cc1nn(-c2ccccc2)c(Cl)c1/C=N/N1CCN(c2ccccn2)CC1. The Hall–Kier alpha value is -2.86. The van der Waals surface area contributed by atoms with E-state index >= 15 is 0 Å². The Morgan fingerprint density at radius 2 is 1.74 bits per heavy atom. The summed E-state index contributed by atoms with van der Waals surface area (Å²) in [5, 5.41) is 11.8. The fourth-order valence-corrected chi connectivity index (χ4v) is 3.44. The summed E-state index contributed by atoms with van der Waals surface area (Å²) in [6.45, 7) is 5.42. The van der Waals surface area contributed by atoms with Crippen LogP contribution in [0.1, 0.15) is 11.3 Å². The first kappa shape index (κ1) is 17.5. The van der Waals surface area contributed by atoms with Crippen LogP contribution in [0.4, 0.5) is 5.82 Å². The van der Waals surface area contributed by atoms with Gasteiger partial charge in [0.1, 0.15) is 11.0 Å². The molecule has 0 aliphatic carbocycles. The molecule has 1 fully saturated rings. The number of hydrazone groups is 1. The van der Waals surface area contributed by atoms with Crippen molar-refractivity contribution >= 4 is 23.6 Å². The Labute approximate surface area is 163 Å². The largest absolute Gasteiger partial charge is 0.353 e. The molecule has 1 aliphatic heterocycles. The van der Waals surface area contributed by atoms with Crippen LogP contribution < -0.4 is 4.90 Å². The van der Waals surface area contributed by atoms with E-state index in [0.29, 0.717) is 5.15 Å². The molecule has 0 radical (unpaired) electrons. The highest BCUT2D eigenvalue weighted by atomic mass is 35.5. The molecule has 7 heteroatoms. The van der Waals surface area contributed by atoms with E-state index in [1.54, 1.807) is 4.68 Å². The van der Waals surface area contributed by atoms with Crippen molar-refractivity contribution < 1.29 is 0 Å². The maximum Gasteiger partial charge on any atom is 0.142 e.